The van der Waals surface area contributed by atoms with E-state index >= 15 is 0 Å². The minimum Gasteiger partial charge on any atom is -0.495 e. The Morgan fingerprint density at radius 2 is 2.00 bits per heavy atom. The van der Waals surface area contributed by atoms with Crippen LogP contribution in [0.25, 0.3) is 22.3 Å². The fourth-order valence-corrected chi connectivity index (χ4v) is 4.32. The lowest BCUT2D eigenvalue weighted by molar-refractivity contribution is 0.164. The van der Waals surface area contributed by atoms with E-state index in [0.717, 1.165) is 71.4 Å². The Labute approximate surface area is 204 Å². The summed E-state index contributed by atoms with van der Waals surface area (Å²) in [6.45, 7) is 8.56. The average Bonchev–Trinajstić information content (AvgIpc) is 3.43. The van der Waals surface area contributed by atoms with Crippen molar-refractivity contribution in [2.75, 3.05) is 37.5 Å². The topological polar surface area (TPSA) is 99.0 Å². The molecule has 1 fully saturated rings. The predicted octanol–water partition coefficient (Wildman–Crippen LogP) is 4.63. The molecule has 3 aromatic heterocycles. The van der Waals surface area contributed by atoms with Crippen LogP contribution < -0.4 is 15.4 Å². The number of nitrogens with one attached hydrogen (secondary N) is 2. The highest BCUT2D eigenvalue weighted by Crippen LogP contribution is 2.33. The normalized spacial score (nSPS) is 17.6. The summed E-state index contributed by atoms with van der Waals surface area (Å²) in [5.74, 6) is 2.79. The van der Waals surface area contributed by atoms with E-state index in [0.29, 0.717) is 11.7 Å². The quantitative estimate of drug-likeness (QED) is 0.401. The van der Waals surface area contributed by atoms with Crippen LogP contribution in [0.15, 0.2) is 36.7 Å². The van der Waals surface area contributed by atoms with E-state index < -0.39 is 0 Å². The van der Waals surface area contributed by atoms with Crippen molar-refractivity contribution in [2.45, 2.75) is 27.2 Å². The number of ether oxygens (including phenoxy) is 2. The second kappa shape index (κ2) is 9.14. The molecule has 182 valence electrons. The molecular weight excluding hydrogens is 442 g/mol. The number of methoxy groups -OCH3 is 1. The van der Waals surface area contributed by atoms with Gasteiger partial charge in [0.25, 0.3) is 0 Å². The molecule has 0 saturated carbocycles. The lowest BCUT2D eigenvalue weighted by Crippen LogP contribution is -2.27. The van der Waals surface area contributed by atoms with Crippen molar-refractivity contribution in [3.05, 3.63) is 48.0 Å². The minimum absolute atomic E-state index is 0.0900. The molecule has 1 saturated heterocycles. The number of hydrogen-bond acceptors (Lipinski definition) is 8. The van der Waals surface area contributed by atoms with Crippen molar-refractivity contribution in [1.29, 1.82) is 0 Å². The zero-order chi connectivity index (χ0) is 24.6. The third kappa shape index (κ3) is 4.64. The number of anilines is 3. The molecule has 9 nitrogen and oxygen atoms in total. The Hall–Kier alpha value is -3.72. The fourth-order valence-electron chi connectivity index (χ4n) is 4.32. The molecule has 0 bridgehead atoms. The zero-order valence-electron chi connectivity index (χ0n) is 20.8. The first kappa shape index (κ1) is 23.0. The first-order chi connectivity index (χ1) is 16.8. The summed E-state index contributed by atoms with van der Waals surface area (Å²) in [4.78, 5) is 18.6. The van der Waals surface area contributed by atoms with Crippen LogP contribution in [0.1, 0.15) is 24.7 Å². The minimum atomic E-state index is 0.0900. The van der Waals surface area contributed by atoms with Gasteiger partial charge in [-0.3, -0.25) is 0 Å². The molecule has 0 radical (unpaired) electrons. The number of imidazole rings is 1. The molecule has 0 aliphatic carbocycles. The molecule has 35 heavy (non-hydrogen) atoms. The van der Waals surface area contributed by atoms with Gasteiger partial charge in [-0.25, -0.2) is 19.9 Å². The Balaban J connectivity index is 1.44. The zero-order valence-corrected chi connectivity index (χ0v) is 20.8. The number of aryl methyl sites for hydroxylation is 2. The van der Waals surface area contributed by atoms with Gasteiger partial charge in [0.1, 0.15) is 17.1 Å². The largest absolute Gasteiger partial charge is 0.495 e. The maximum absolute atomic E-state index is 5.67. The van der Waals surface area contributed by atoms with Crippen molar-refractivity contribution in [3.63, 3.8) is 0 Å². The van der Waals surface area contributed by atoms with Crippen LogP contribution in [0.4, 0.5) is 17.5 Å². The van der Waals surface area contributed by atoms with Crippen molar-refractivity contribution in [1.82, 2.24) is 24.5 Å². The fraction of sp³-hybridized carbons (Fsp3) is 0.385. The second-order valence-corrected chi connectivity index (χ2v) is 9.53. The van der Waals surface area contributed by atoms with Crippen LogP contribution in [-0.4, -0.2) is 51.4 Å². The standard InChI is InChI=1S/C26H31N7O2/c1-16-10-19-13-28-25(32-22(19)23(30-16)29-14-26(3)8-9-35-15-26)31-20-7-6-18(11-21(20)34-5)24-27-12-17(2)33(24)4/h6-7,10-13H,8-9,14-15H2,1-5H3,(H,29,30)(H,28,31,32). The number of aromatic nitrogens is 5. The van der Waals surface area contributed by atoms with E-state index in [9.17, 15) is 0 Å². The summed E-state index contributed by atoms with van der Waals surface area (Å²) in [6.07, 6.45) is 4.71. The number of pyridine rings is 1. The number of hydrogen-bond donors (Lipinski definition) is 2. The average molecular weight is 474 g/mol. The first-order valence-electron chi connectivity index (χ1n) is 11.7. The van der Waals surface area contributed by atoms with Crippen LogP contribution >= 0.6 is 0 Å². The molecule has 5 rings (SSSR count). The molecular formula is C26H31N7O2. The van der Waals surface area contributed by atoms with E-state index in [-0.39, 0.29) is 5.41 Å². The summed E-state index contributed by atoms with van der Waals surface area (Å²) in [5.41, 5.74) is 4.61. The summed E-state index contributed by atoms with van der Waals surface area (Å²) in [7, 11) is 3.65. The smallest absolute Gasteiger partial charge is 0.227 e. The molecule has 1 aliphatic rings. The van der Waals surface area contributed by atoms with Crippen LogP contribution in [-0.2, 0) is 11.8 Å². The Bertz CT molecular complexity index is 1380. The summed E-state index contributed by atoms with van der Waals surface area (Å²) in [5, 5.41) is 7.76. The van der Waals surface area contributed by atoms with E-state index in [4.69, 9.17) is 19.4 Å². The van der Waals surface area contributed by atoms with E-state index in [1.165, 1.54) is 0 Å². The van der Waals surface area contributed by atoms with Crippen LogP contribution in [0.2, 0.25) is 0 Å². The summed E-state index contributed by atoms with van der Waals surface area (Å²) in [6, 6.07) is 7.93. The van der Waals surface area contributed by atoms with Crippen LogP contribution in [0.3, 0.4) is 0 Å². The molecule has 1 atom stereocenters. The Morgan fingerprint density at radius 1 is 1.14 bits per heavy atom. The maximum Gasteiger partial charge on any atom is 0.227 e. The molecule has 2 N–H and O–H groups in total. The van der Waals surface area contributed by atoms with Crippen molar-refractivity contribution in [3.8, 4) is 17.1 Å². The molecule has 9 heteroatoms. The molecule has 1 aliphatic heterocycles. The van der Waals surface area contributed by atoms with E-state index in [1.807, 2.05) is 57.6 Å². The van der Waals surface area contributed by atoms with Gasteiger partial charge in [0.05, 0.1) is 19.4 Å². The molecule has 4 aromatic rings. The number of rotatable bonds is 7. The third-order valence-corrected chi connectivity index (χ3v) is 6.60. The van der Waals surface area contributed by atoms with Gasteiger partial charge in [0, 0.05) is 60.3 Å². The second-order valence-electron chi connectivity index (χ2n) is 9.53. The van der Waals surface area contributed by atoms with Gasteiger partial charge in [-0.15, -0.1) is 0 Å². The Kier molecular flexibility index (Phi) is 6.02. The molecule has 0 spiro atoms. The monoisotopic (exact) mass is 473 g/mol. The van der Waals surface area contributed by atoms with E-state index in [1.54, 1.807) is 7.11 Å². The highest BCUT2D eigenvalue weighted by atomic mass is 16.5. The molecule has 1 unspecified atom stereocenters. The van der Waals surface area contributed by atoms with Crippen molar-refractivity contribution < 1.29 is 9.47 Å². The number of nitrogens with zero attached hydrogens (tertiary/aromatic N) is 5. The lowest BCUT2D eigenvalue weighted by atomic mass is 9.90. The first-order valence-corrected chi connectivity index (χ1v) is 11.7. The number of benzene rings is 1. The van der Waals surface area contributed by atoms with Gasteiger partial charge in [-0.05, 0) is 44.5 Å². The highest BCUT2D eigenvalue weighted by molar-refractivity contribution is 5.89. The van der Waals surface area contributed by atoms with Gasteiger partial charge in [0.15, 0.2) is 5.82 Å². The van der Waals surface area contributed by atoms with Crippen LogP contribution in [0, 0.1) is 19.3 Å². The lowest BCUT2D eigenvalue weighted by Gasteiger charge is -2.22. The van der Waals surface area contributed by atoms with Gasteiger partial charge in [0.2, 0.25) is 5.95 Å². The van der Waals surface area contributed by atoms with Crippen LogP contribution in [0.5, 0.6) is 5.75 Å². The Morgan fingerprint density at radius 3 is 2.71 bits per heavy atom. The van der Waals surface area contributed by atoms with Gasteiger partial charge in [-0.1, -0.05) is 6.92 Å². The number of fused-ring (bicyclic) bond motifs is 1. The maximum atomic E-state index is 5.67. The summed E-state index contributed by atoms with van der Waals surface area (Å²) < 4.78 is 13.3. The predicted molar refractivity (Wildman–Crippen MR) is 137 cm³/mol. The highest BCUT2D eigenvalue weighted by Gasteiger charge is 2.29. The van der Waals surface area contributed by atoms with Crippen molar-refractivity contribution in [2.24, 2.45) is 12.5 Å². The van der Waals surface area contributed by atoms with E-state index in [2.05, 4.69) is 32.1 Å². The SMILES string of the molecule is COc1cc(-c2ncc(C)n2C)ccc1Nc1ncc2cc(C)nc(NCC3(C)CCOC3)c2n1. The molecule has 0 amide bonds. The third-order valence-electron chi connectivity index (χ3n) is 6.60. The molecule has 4 heterocycles. The molecule has 1 aromatic carbocycles. The van der Waals surface area contributed by atoms with Gasteiger partial charge < -0.3 is 24.7 Å². The van der Waals surface area contributed by atoms with Gasteiger partial charge >= 0.3 is 0 Å². The summed E-state index contributed by atoms with van der Waals surface area (Å²) >= 11 is 0. The van der Waals surface area contributed by atoms with Crippen molar-refractivity contribution >= 4 is 28.4 Å². The van der Waals surface area contributed by atoms with Gasteiger partial charge in [-0.2, -0.15) is 0 Å².